The standard InChI is InChI=1S/C24H23N3OS/c1-15-11-12-19(28-2)18(13-15)25-23-22-17-9-6-10-20(17)29-24(22)27-21(26-23)14-16-7-4-3-5-8-16/h3-5,7-8,11-13H,6,9-10,14H2,1-2H3,(H,25,26,27). The van der Waals surface area contributed by atoms with E-state index in [4.69, 9.17) is 14.7 Å². The molecule has 2 aromatic carbocycles. The highest BCUT2D eigenvalue weighted by Gasteiger charge is 2.23. The number of fused-ring (bicyclic) bond motifs is 3. The van der Waals surface area contributed by atoms with Crippen LogP contribution in [0.25, 0.3) is 10.2 Å². The Balaban J connectivity index is 1.63. The molecule has 5 heteroatoms. The molecule has 1 aliphatic rings. The van der Waals surface area contributed by atoms with Gasteiger partial charge in [-0.15, -0.1) is 11.3 Å². The zero-order chi connectivity index (χ0) is 19.8. The van der Waals surface area contributed by atoms with Crippen LogP contribution in [0.3, 0.4) is 0 Å². The van der Waals surface area contributed by atoms with Crippen LogP contribution in [0.4, 0.5) is 11.5 Å². The van der Waals surface area contributed by atoms with Gasteiger partial charge in [-0.2, -0.15) is 0 Å². The van der Waals surface area contributed by atoms with Gasteiger partial charge in [-0.05, 0) is 55.0 Å². The van der Waals surface area contributed by atoms with Gasteiger partial charge in [0.15, 0.2) is 0 Å². The number of hydrogen-bond acceptors (Lipinski definition) is 5. The van der Waals surface area contributed by atoms with E-state index in [9.17, 15) is 0 Å². The molecule has 0 saturated carbocycles. The van der Waals surface area contributed by atoms with Crippen molar-refractivity contribution in [2.75, 3.05) is 12.4 Å². The Morgan fingerprint density at radius 2 is 1.93 bits per heavy atom. The molecule has 4 aromatic rings. The Bertz CT molecular complexity index is 1180. The number of aromatic nitrogens is 2. The summed E-state index contributed by atoms with van der Waals surface area (Å²) in [4.78, 5) is 12.5. The highest BCUT2D eigenvalue weighted by atomic mass is 32.1. The van der Waals surface area contributed by atoms with Crippen LogP contribution in [0.2, 0.25) is 0 Å². The topological polar surface area (TPSA) is 47.0 Å². The monoisotopic (exact) mass is 401 g/mol. The lowest BCUT2D eigenvalue weighted by atomic mass is 10.1. The van der Waals surface area contributed by atoms with Gasteiger partial charge < -0.3 is 10.1 Å². The number of hydrogen-bond donors (Lipinski definition) is 1. The third kappa shape index (κ3) is 3.47. The number of nitrogens with one attached hydrogen (secondary N) is 1. The van der Waals surface area contributed by atoms with E-state index in [1.54, 1.807) is 7.11 Å². The van der Waals surface area contributed by atoms with Crippen molar-refractivity contribution in [3.63, 3.8) is 0 Å². The van der Waals surface area contributed by atoms with E-state index in [-0.39, 0.29) is 0 Å². The van der Waals surface area contributed by atoms with Crippen LogP contribution in [-0.4, -0.2) is 17.1 Å². The molecule has 2 aromatic heterocycles. The fraction of sp³-hybridized carbons (Fsp3) is 0.250. The van der Waals surface area contributed by atoms with E-state index < -0.39 is 0 Å². The summed E-state index contributed by atoms with van der Waals surface area (Å²) in [6.45, 7) is 2.09. The van der Waals surface area contributed by atoms with Gasteiger partial charge in [0.05, 0.1) is 18.2 Å². The number of methoxy groups -OCH3 is 1. The van der Waals surface area contributed by atoms with Gasteiger partial charge >= 0.3 is 0 Å². The van der Waals surface area contributed by atoms with Crippen molar-refractivity contribution in [2.45, 2.75) is 32.6 Å². The molecule has 0 amide bonds. The lowest BCUT2D eigenvalue weighted by molar-refractivity contribution is 0.416. The summed E-state index contributed by atoms with van der Waals surface area (Å²) in [7, 11) is 1.70. The third-order valence-electron chi connectivity index (χ3n) is 5.42. The second-order valence-corrected chi connectivity index (χ2v) is 8.60. The van der Waals surface area contributed by atoms with Crippen molar-refractivity contribution < 1.29 is 4.74 Å². The minimum atomic E-state index is 0.721. The Hall–Kier alpha value is -2.92. The average molecular weight is 402 g/mol. The predicted molar refractivity (Wildman–Crippen MR) is 120 cm³/mol. The number of anilines is 2. The first kappa shape index (κ1) is 18.1. The Labute approximate surface area is 174 Å². The van der Waals surface area contributed by atoms with Crippen LogP contribution in [0.1, 0.15) is 33.8 Å². The number of ether oxygens (including phenoxy) is 1. The summed E-state index contributed by atoms with van der Waals surface area (Å²) in [5.74, 6) is 2.56. The lowest BCUT2D eigenvalue weighted by Crippen LogP contribution is -2.03. The summed E-state index contributed by atoms with van der Waals surface area (Å²) in [5.41, 5.74) is 4.76. The SMILES string of the molecule is COc1ccc(C)cc1Nc1nc(Cc2ccccc2)nc2sc3c(c12)CCC3. The van der Waals surface area contributed by atoms with E-state index in [2.05, 4.69) is 48.6 Å². The van der Waals surface area contributed by atoms with Crippen LogP contribution >= 0.6 is 11.3 Å². The molecule has 146 valence electrons. The molecule has 0 spiro atoms. The molecule has 1 aliphatic carbocycles. The molecule has 0 saturated heterocycles. The van der Waals surface area contributed by atoms with E-state index in [0.717, 1.165) is 47.2 Å². The van der Waals surface area contributed by atoms with E-state index in [0.29, 0.717) is 0 Å². The number of aryl methyl sites for hydroxylation is 3. The van der Waals surface area contributed by atoms with Gasteiger partial charge in [-0.1, -0.05) is 36.4 Å². The molecule has 0 bridgehead atoms. The van der Waals surface area contributed by atoms with Crippen LogP contribution in [0.5, 0.6) is 5.75 Å². The summed E-state index contributed by atoms with van der Waals surface area (Å²) >= 11 is 1.83. The van der Waals surface area contributed by atoms with E-state index in [1.165, 1.54) is 33.4 Å². The fourth-order valence-electron chi connectivity index (χ4n) is 4.04. The number of rotatable bonds is 5. The first-order valence-corrected chi connectivity index (χ1v) is 10.8. The zero-order valence-corrected chi connectivity index (χ0v) is 17.5. The first-order valence-electron chi connectivity index (χ1n) is 9.98. The molecule has 4 nitrogen and oxygen atoms in total. The van der Waals surface area contributed by atoms with Crippen LogP contribution in [0, 0.1) is 6.92 Å². The molecule has 29 heavy (non-hydrogen) atoms. The molecular formula is C24H23N3OS. The van der Waals surface area contributed by atoms with Gasteiger partial charge in [0.2, 0.25) is 0 Å². The average Bonchev–Trinajstić information content (AvgIpc) is 3.30. The van der Waals surface area contributed by atoms with Crippen molar-refractivity contribution in [2.24, 2.45) is 0 Å². The molecule has 0 radical (unpaired) electrons. The number of nitrogens with zero attached hydrogens (tertiary/aromatic N) is 2. The van der Waals surface area contributed by atoms with Crippen LogP contribution in [0.15, 0.2) is 48.5 Å². The molecule has 0 fully saturated rings. The number of benzene rings is 2. The summed E-state index contributed by atoms with van der Waals surface area (Å²) in [5, 5.41) is 4.76. The second-order valence-electron chi connectivity index (χ2n) is 7.52. The van der Waals surface area contributed by atoms with Gasteiger partial charge in [0.1, 0.15) is 22.2 Å². The highest BCUT2D eigenvalue weighted by Crippen LogP contribution is 2.41. The Morgan fingerprint density at radius 3 is 2.76 bits per heavy atom. The van der Waals surface area contributed by atoms with Crippen molar-refractivity contribution in [3.8, 4) is 5.75 Å². The largest absolute Gasteiger partial charge is 0.495 e. The van der Waals surface area contributed by atoms with Gasteiger partial charge in [0, 0.05) is 11.3 Å². The maximum Gasteiger partial charge on any atom is 0.143 e. The summed E-state index contributed by atoms with van der Waals surface area (Å²) in [6.07, 6.45) is 4.20. The molecule has 5 rings (SSSR count). The van der Waals surface area contributed by atoms with Crippen molar-refractivity contribution in [3.05, 3.63) is 75.9 Å². The predicted octanol–water partition coefficient (Wildman–Crippen LogP) is 5.83. The Morgan fingerprint density at radius 1 is 1.07 bits per heavy atom. The number of thiophene rings is 1. The van der Waals surface area contributed by atoms with Gasteiger partial charge in [0.25, 0.3) is 0 Å². The molecule has 0 unspecified atom stereocenters. The normalized spacial score (nSPS) is 12.9. The fourth-order valence-corrected chi connectivity index (χ4v) is 5.32. The minimum absolute atomic E-state index is 0.721. The maximum absolute atomic E-state index is 5.58. The first-order chi connectivity index (χ1) is 14.2. The summed E-state index contributed by atoms with van der Waals surface area (Å²) < 4.78 is 5.58. The third-order valence-corrected chi connectivity index (χ3v) is 6.61. The van der Waals surface area contributed by atoms with Crippen molar-refractivity contribution in [1.82, 2.24) is 9.97 Å². The van der Waals surface area contributed by atoms with Crippen molar-refractivity contribution in [1.29, 1.82) is 0 Å². The second kappa shape index (κ2) is 7.48. The van der Waals surface area contributed by atoms with Crippen LogP contribution in [-0.2, 0) is 19.3 Å². The molecular weight excluding hydrogens is 378 g/mol. The van der Waals surface area contributed by atoms with E-state index >= 15 is 0 Å². The lowest BCUT2D eigenvalue weighted by Gasteiger charge is -2.14. The van der Waals surface area contributed by atoms with Gasteiger partial charge in [-0.25, -0.2) is 9.97 Å². The Kier molecular flexibility index (Phi) is 4.68. The zero-order valence-electron chi connectivity index (χ0n) is 16.7. The smallest absolute Gasteiger partial charge is 0.143 e. The molecule has 2 heterocycles. The quantitative estimate of drug-likeness (QED) is 0.457. The van der Waals surface area contributed by atoms with E-state index in [1.807, 2.05) is 23.5 Å². The molecule has 0 atom stereocenters. The summed E-state index contributed by atoms with van der Waals surface area (Å²) in [6, 6.07) is 16.6. The molecule has 0 aliphatic heterocycles. The maximum atomic E-state index is 5.58. The van der Waals surface area contributed by atoms with Gasteiger partial charge in [-0.3, -0.25) is 0 Å². The highest BCUT2D eigenvalue weighted by molar-refractivity contribution is 7.19. The minimum Gasteiger partial charge on any atom is -0.495 e. The molecule has 1 N–H and O–H groups in total. The van der Waals surface area contributed by atoms with Crippen molar-refractivity contribution >= 4 is 33.1 Å². The van der Waals surface area contributed by atoms with Crippen LogP contribution < -0.4 is 10.1 Å².